The highest BCUT2D eigenvalue weighted by atomic mass is 35.5. The topological polar surface area (TPSA) is 84.5 Å². The number of benzene rings is 3. The number of rotatable bonds is 6. The van der Waals surface area contributed by atoms with Gasteiger partial charge in [0, 0.05) is 15.6 Å². The van der Waals surface area contributed by atoms with Gasteiger partial charge in [-0.1, -0.05) is 35.3 Å². The molecular formula is C20H16Cl2N2O4S. The molecule has 2 N–H and O–H groups in total. The molecule has 0 unspecified atom stereocenters. The van der Waals surface area contributed by atoms with Crippen molar-refractivity contribution < 1.29 is 17.9 Å². The lowest BCUT2D eigenvalue weighted by atomic mass is 10.2. The number of carbonyl (C=O) groups excluding carboxylic acids is 1. The van der Waals surface area contributed by atoms with E-state index in [1.807, 2.05) is 0 Å². The summed E-state index contributed by atoms with van der Waals surface area (Å²) < 4.78 is 33.2. The lowest BCUT2D eigenvalue weighted by molar-refractivity contribution is 0.102. The summed E-state index contributed by atoms with van der Waals surface area (Å²) in [6.07, 6.45) is 0. The van der Waals surface area contributed by atoms with E-state index < -0.39 is 15.9 Å². The molecule has 0 radical (unpaired) electrons. The van der Waals surface area contributed by atoms with Crippen LogP contribution in [0.5, 0.6) is 5.75 Å². The zero-order valence-electron chi connectivity index (χ0n) is 15.1. The van der Waals surface area contributed by atoms with Crippen LogP contribution in [0.4, 0.5) is 11.4 Å². The van der Waals surface area contributed by atoms with Crippen LogP contribution in [0, 0.1) is 0 Å². The standard InChI is InChI=1S/C20H16Cl2N2O4S/c1-28-19-9-8-17(29(26,27)24-16-7-3-6-15(22)11-16)12-18(19)23-20(25)13-4-2-5-14(21)10-13/h2-12,24H,1H3,(H,23,25). The summed E-state index contributed by atoms with van der Waals surface area (Å²) in [6, 6.07) is 16.9. The first-order chi connectivity index (χ1) is 13.8. The zero-order valence-corrected chi connectivity index (χ0v) is 17.5. The first-order valence-corrected chi connectivity index (χ1v) is 10.6. The van der Waals surface area contributed by atoms with Crippen molar-refractivity contribution >= 4 is 50.5 Å². The van der Waals surface area contributed by atoms with E-state index in [2.05, 4.69) is 10.0 Å². The van der Waals surface area contributed by atoms with Crippen LogP contribution in [0.2, 0.25) is 10.0 Å². The van der Waals surface area contributed by atoms with E-state index in [4.69, 9.17) is 27.9 Å². The SMILES string of the molecule is COc1ccc(S(=O)(=O)Nc2cccc(Cl)c2)cc1NC(=O)c1cccc(Cl)c1. The molecule has 3 aromatic carbocycles. The Labute approximate surface area is 178 Å². The second-order valence-electron chi connectivity index (χ2n) is 5.94. The van der Waals surface area contributed by atoms with Crippen LogP contribution in [0.15, 0.2) is 71.6 Å². The number of hydrogen-bond donors (Lipinski definition) is 2. The Hall–Kier alpha value is -2.74. The molecule has 0 aliphatic heterocycles. The Morgan fingerprint density at radius 1 is 0.931 bits per heavy atom. The maximum absolute atomic E-state index is 12.7. The van der Waals surface area contributed by atoms with E-state index in [9.17, 15) is 13.2 Å². The summed E-state index contributed by atoms with van der Waals surface area (Å²) in [5, 5.41) is 3.46. The number of carbonyl (C=O) groups is 1. The molecule has 0 heterocycles. The molecule has 1 amide bonds. The summed E-state index contributed by atoms with van der Waals surface area (Å²) in [6.45, 7) is 0. The van der Waals surface area contributed by atoms with Crippen LogP contribution < -0.4 is 14.8 Å². The molecule has 29 heavy (non-hydrogen) atoms. The highest BCUT2D eigenvalue weighted by molar-refractivity contribution is 7.92. The first kappa shape index (κ1) is 21.0. The molecule has 0 bridgehead atoms. The van der Waals surface area contributed by atoms with Gasteiger partial charge in [0.15, 0.2) is 0 Å². The van der Waals surface area contributed by atoms with Crippen molar-refractivity contribution in [1.29, 1.82) is 0 Å². The van der Waals surface area contributed by atoms with Crippen LogP contribution in [0.1, 0.15) is 10.4 Å². The lowest BCUT2D eigenvalue weighted by Crippen LogP contribution is -2.15. The molecule has 0 spiro atoms. The van der Waals surface area contributed by atoms with Crippen LogP contribution in [0.3, 0.4) is 0 Å². The van der Waals surface area contributed by atoms with Gasteiger partial charge in [-0.2, -0.15) is 0 Å². The fourth-order valence-electron chi connectivity index (χ4n) is 2.54. The Morgan fingerprint density at radius 3 is 2.28 bits per heavy atom. The van der Waals surface area contributed by atoms with Gasteiger partial charge >= 0.3 is 0 Å². The Morgan fingerprint density at radius 2 is 1.62 bits per heavy atom. The summed E-state index contributed by atoms with van der Waals surface area (Å²) in [5.74, 6) is -0.148. The molecule has 0 aromatic heterocycles. The van der Waals surface area contributed by atoms with E-state index in [1.165, 1.54) is 37.4 Å². The Kier molecular flexibility index (Phi) is 6.32. The summed E-state index contributed by atoms with van der Waals surface area (Å²) in [4.78, 5) is 12.5. The van der Waals surface area contributed by atoms with Crippen molar-refractivity contribution in [2.75, 3.05) is 17.1 Å². The summed E-state index contributed by atoms with van der Waals surface area (Å²) in [5.41, 5.74) is 0.842. The Balaban J connectivity index is 1.91. The molecule has 0 atom stereocenters. The number of ether oxygens (including phenoxy) is 1. The fourth-order valence-corrected chi connectivity index (χ4v) is 4.00. The molecule has 9 heteroatoms. The predicted molar refractivity (Wildman–Crippen MR) is 115 cm³/mol. The number of methoxy groups -OCH3 is 1. The third-order valence-corrected chi connectivity index (χ3v) is 5.74. The van der Waals surface area contributed by atoms with Crippen LogP contribution in [-0.2, 0) is 10.0 Å². The van der Waals surface area contributed by atoms with Gasteiger partial charge in [-0.15, -0.1) is 0 Å². The number of amides is 1. The number of hydrogen-bond acceptors (Lipinski definition) is 4. The van der Waals surface area contributed by atoms with E-state index in [-0.39, 0.29) is 10.6 Å². The second kappa shape index (κ2) is 8.73. The largest absolute Gasteiger partial charge is 0.495 e. The van der Waals surface area contributed by atoms with Gasteiger partial charge in [-0.05, 0) is 54.6 Å². The molecular weight excluding hydrogens is 435 g/mol. The lowest BCUT2D eigenvalue weighted by Gasteiger charge is -2.14. The quantitative estimate of drug-likeness (QED) is 0.549. The van der Waals surface area contributed by atoms with E-state index >= 15 is 0 Å². The Bertz CT molecular complexity index is 1170. The van der Waals surface area contributed by atoms with Gasteiger partial charge in [0.2, 0.25) is 0 Å². The van der Waals surface area contributed by atoms with Crippen LogP contribution in [0.25, 0.3) is 0 Å². The molecule has 3 aromatic rings. The molecule has 3 rings (SSSR count). The summed E-state index contributed by atoms with van der Waals surface area (Å²) >= 11 is 11.8. The molecule has 0 fully saturated rings. The van der Waals surface area contributed by atoms with Crippen molar-refractivity contribution in [2.24, 2.45) is 0 Å². The predicted octanol–water partition coefficient (Wildman–Crippen LogP) is 5.06. The monoisotopic (exact) mass is 450 g/mol. The van der Waals surface area contributed by atoms with E-state index in [0.29, 0.717) is 27.0 Å². The number of halogens is 2. The van der Waals surface area contributed by atoms with Gasteiger partial charge in [0.25, 0.3) is 15.9 Å². The molecule has 6 nitrogen and oxygen atoms in total. The maximum atomic E-state index is 12.7. The highest BCUT2D eigenvalue weighted by Crippen LogP contribution is 2.29. The van der Waals surface area contributed by atoms with Crippen LogP contribution in [-0.4, -0.2) is 21.4 Å². The van der Waals surface area contributed by atoms with Crippen molar-refractivity contribution in [3.8, 4) is 5.75 Å². The average molecular weight is 451 g/mol. The first-order valence-electron chi connectivity index (χ1n) is 8.32. The normalized spacial score (nSPS) is 11.0. The fraction of sp³-hybridized carbons (Fsp3) is 0.0500. The van der Waals surface area contributed by atoms with E-state index in [1.54, 1.807) is 36.4 Å². The third-order valence-electron chi connectivity index (χ3n) is 3.89. The minimum atomic E-state index is -3.92. The second-order valence-corrected chi connectivity index (χ2v) is 8.50. The van der Waals surface area contributed by atoms with Gasteiger partial charge in [0.1, 0.15) is 5.75 Å². The summed E-state index contributed by atoms with van der Waals surface area (Å²) in [7, 11) is -2.50. The average Bonchev–Trinajstić information content (AvgIpc) is 2.67. The van der Waals surface area contributed by atoms with Crippen molar-refractivity contribution in [2.45, 2.75) is 4.90 Å². The highest BCUT2D eigenvalue weighted by Gasteiger charge is 2.18. The van der Waals surface area contributed by atoms with Gasteiger partial charge in [-0.3, -0.25) is 9.52 Å². The molecule has 0 saturated heterocycles. The van der Waals surface area contributed by atoms with Crippen LogP contribution >= 0.6 is 23.2 Å². The molecule has 0 saturated carbocycles. The third kappa shape index (κ3) is 5.20. The zero-order chi connectivity index (χ0) is 21.0. The molecule has 0 aliphatic carbocycles. The van der Waals surface area contributed by atoms with Gasteiger partial charge in [0.05, 0.1) is 23.4 Å². The van der Waals surface area contributed by atoms with Gasteiger partial charge < -0.3 is 10.1 Å². The molecule has 150 valence electrons. The van der Waals surface area contributed by atoms with Gasteiger partial charge in [-0.25, -0.2) is 8.42 Å². The van der Waals surface area contributed by atoms with Crippen molar-refractivity contribution in [1.82, 2.24) is 0 Å². The smallest absolute Gasteiger partial charge is 0.261 e. The minimum absolute atomic E-state index is 0.0559. The van der Waals surface area contributed by atoms with E-state index in [0.717, 1.165) is 0 Å². The maximum Gasteiger partial charge on any atom is 0.261 e. The number of sulfonamides is 1. The number of nitrogens with one attached hydrogen (secondary N) is 2. The van der Waals surface area contributed by atoms with Crippen molar-refractivity contribution in [3.63, 3.8) is 0 Å². The van der Waals surface area contributed by atoms with Crippen molar-refractivity contribution in [3.05, 3.63) is 82.3 Å². The minimum Gasteiger partial charge on any atom is -0.495 e. The molecule has 0 aliphatic rings. The number of anilines is 2.